The molecule has 1 heterocycles. The summed E-state index contributed by atoms with van der Waals surface area (Å²) in [7, 11) is 0. The Hall–Kier alpha value is -1.51. The van der Waals surface area contributed by atoms with Crippen LogP contribution in [0.4, 0.5) is 4.39 Å². The molecule has 0 saturated carbocycles. The Morgan fingerprint density at radius 2 is 2.20 bits per heavy atom. The highest BCUT2D eigenvalue weighted by Crippen LogP contribution is 2.18. The van der Waals surface area contributed by atoms with Crippen molar-refractivity contribution in [1.82, 2.24) is 5.32 Å². The van der Waals surface area contributed by atoms with Crippen LogP contribution in [-0.4, -0.2) is 35.2 Å². The van der Waals surface area contributed by atoms with E-state index < -0.39 is 5.82 Å². The summed E-state index contributed by atoms with van der Waals surface area (Å²) in [5.41, 5.74) is 0.660. The molecule has 2 N–H and O–H groups in total. The van der Waals surface area contributed by atoms with E-state index in [0.717, 1.165) is 24.3 Å². The van der Waals surface area contributed by atoms with Gasteiger partial charge in [-0.05, 0) is 42.5 Å². The summed E-state index contributed by atoms with van der Waals surface area (Å²) >= 11 is 1.89. The third kappa shape index (κ3) is 3.99. The van der Waals surface area contributed by atoms with Crippen molar-refractivity contribution < 1.29 is 14.3 Å². The average molecular weight is 293 g/mol. The minimum atomic E-state index is -0.446. The van der Waals surface area contributed by atoms with Gasteiger partial charge in [0.15, 0.2) is 0 Å². The zero-order valence-electron chi connectivity index (χ0n) is 11.0. The lowest BCUT2D eigenvalue weighted by molar-refractivity contribution is 0.0934. The summed E-state index contributed by atoms with van der Waals surface area (Å²) in [6, 6.07) is 4.07. The van der Waals surface area contributed by atoms with E-state index in [2.05, 4.69) is 17.2 Å². The molecule has 106 valence electrons. The van der Waals surface area contributed by atoms with Crippen molar-refractivity contribution in [3.63, 3.8) is 0 Å². The second kappa shape index (κ2) is 7.32. The number of nitrogens with one attached hydrogen (secondary N) is 1. The number of benzene rings is 1. The summed E-state index contributed by atoms with van der Waals surface area (Å²) in [5, 5.41) is 11.7. The number of halogens is 1. The second-order valence-corrected chi connectivity index (χ2v) is 5.73. The fraction of sp³-hybridized carbons (Fsp3) is 0.400. The fourth-order valence-electron chi connectivity index (χ4n) is 2.06. The number of hydrogen-bond acceptors (Lipinski definition) is 3. The summed E-state index contributed by atoms with van der Waals surface area (Å²) in [5.74, 6) is 6.48. The normalized spacial score (nSPS) is 15.3. The number of hydrogen-bond donors (Lipinski definition) is 2. The average Bonchev–Trinajstić information content (AvgIpc) is 2.46. The van der Waals surface area contributed by atoms with Gasteiger partial charge in [0.1, 0.15) is 12.4 Å². The minimum absolute atomic E-state index is 0.174. The van der Waals surface area contributed by atoms with E-state index in [9.17, 15) is 9.18 Å². The maximum atomic E-state index is 13.2. The van der Waals surface area contributed by atoms with Crippen LogP contribution < -0.4 is 5.32 Å². The van der Waals surface area contributed by atoms with Crippen molar-refractivity contribution in [3.05, 3.63) is 35.1 Å². The van der Waals surface area contributed by atoms with Gasteiger partial charge >= 0.3 is 0 Å². The lowest BCUT2D eigenvalue weighted by atomic mass is 10.1. The zero-order valence-corrected chi connectivity index (χ0v) is 11.8. The lowest BCUT2D eigenvalue weighted by Gasteiger charge is -2.22. The highest BCUT2D eigenvalue weighted by atomic mass is 32.2. The monoisotopic (exact) mass is 293 g/mol. The van der Waals surface area contributed by atoms with Crippen LogP contribution in [0.15, 0.2) is 18.2 Å². The number of carbonyl (C=O) groups excluding carboxylic acids is 1. The predicted molar refractivity (Wildman–Crippen MR) is 78.2 cm³/mol. The number of thioether (sulfide) groups is 1. The molecule has 1 aliphatic rings. The highest BCUT2D eigenvalue weighted by Gasteiger charge is 2.18. The molecule has 20 heavy (non-hydrogen) atoms. The first kappa shape index (κ1) is 14.9. The Balaban J connectivity index is 2.15. The molecule has 0 aliphatic carbocycles. The molecule has 2 rings (SSSR count). The number of amides is 1. The SMILES string of the molecule is O=C(NC1CCSCC1)c1ccc(F)cc1C#CCO. The standard InChI is InChI=1S/C15H16FNO2S/c16-12-3-4-14(11(10-12)2-1-7-18)15(19)17-13-5-8-20-9-6-13/h3-4,10,13,18H,5-9H2,(H,17,19). The van der Waals surface area contributed by atoms with Gasteiger partial charge in [-0.2, -0.15) is 11.8 Å². The largest absolute Gasteiger partial charge is 0.384 e. The minimum Gasteiger partial charge on any atom is -0.384 e. The molecule has 1 amide bonds. The quantitative estimate of drug-likeness (QED) is 0.818. The molecule has 1 saturated heterocycles. The molecule has 0 aromatic heterocycles. The van der Waals surface area contributed by atoms with Gasteiger partial charge in [0.2, 0.25) is 0 Å². The molecule has 0 bridgehead atoms. The maximum absolute atomic E-state index is 13.2. The zero-order chi connectivity index (χ0) is 14.4. The molecular weight excluding hydrogens is 277 g/mol. The number of carbonyl (C=O) groups is 1. The Morgan fingerprint density at radius 3 is 2.90 bits per heavy atom. The van der Waals surface area contributed by atoms with Crippen LogP contribution in [-0.2, 0) is 0 Å². The van der Waals surface area contributed by atoms with Gasteiger partial charge in [-0.3, -0.25) is 4.79 Å². The molecule has 1 fully saturated rings. The van der Waals surface area contributed by atoms with Gasteiger partial charge in [0.05, 0.1) is 5.56 Å². The topological polar surface area (TPSA) is 49.3 Å². The Kier molecular flexibility index (Phi) is 5.45. The van der Waals surface area contributed by atoms with E-state index in [1.165, 1.54) is 18.2 Å². The van der Waals surface area contributed by atoms with Crippen LogP contribution in [0.3, 0.4) is 0 Å². The Morgan fingerprint density at radius 1 is 1.45 bits per heavy atom. The molecule has 1 aliphatic heterocycles. The summed E-state index contributed by atoms with van der Waals surface area (Å²) in [6.07, 6.45) is 1.91. The first-order chi connectivity index (χ1) is 9.70. The summed E-state index contributed by atoms with van der Waals surface area (Å²) < 4.78 is 13.2. The summed E-state index contributed by atoms with van der Waals surface area (Å²) in [4.78, 5) is 12.2. The van der Waals surface area contributed by atoms with Gasteiger partial charge in [-0.15, -0.1) is 0 Å². The second-order valence-electron chi connectivity index (χ2n) is 4.51. The third-order valence-electron chi connectivity index (χ3n) is 3.08. The Labute approximate surface area is 122 Å². The van der Waals surface area contributed by atoms with E-state index >= 15 is 0 Å². The van der Waals surface area contributed by atoms with Gasteiger partial charge < -0.3 is 10.4 Å². The van der Waals surface area contributed by atoms with Crippen molar-refractivity contribution in [2.24, 2.45) is 0 Å². The van der Waals surface area contributed by atoms with Gasteiger partial charge in [-0.25, -0.2) is 4.39 Å². The molecule has 3 nitrogen and oxygen atoms in total. The summed E-state index contributed by atoms with van der Waals surface area (Å²) in [6.45, 7) is -0.322. The van der Waals surface area contributed by atoms with Crippen molar-refractivity contribution in [1.29, 1.82) is 0 Å². The highest BCUT2D eigenvalue weighted by molar-refractivity contribution is 7.99. The molecule has 0 radical (unpaired) electrons. The third-order valence-corrected chi connectivity index (χ3v) is 4.13. The van der Waals surface area contributed by atoms with Crippen LogP contribution in [0.2, 0.25) is 0 Å². The van der Waals surface area contributed by atoms with Crippen LogP contribution in [0.1, 0.15) is 28.8 Å². The molecule has 1 aromatic rings. The molecule has 0 atom stereocenters. The van der Waals surface area contributed by atoms with Crippen molar-refractivity contribution in [2.45, 2.75) is 18.9 Å². The van der Waals surface area contributed by atoms with Gasteiger partial charge in [0.25, 0.3) is 5.91 Å². The van der Waals surface area contributed by atoms with Gasteiger partial charge in [0, 0.05) is 11.6 Å². The first-order valence-electron chi connectivity index (χ1n) is 6.48. The van der Waals surface area contributed by atoms with Gasteiger partial charge in [-0.1, -0.05) is 11.8 Å². The molecular formula is C15H16FNO2S. The van der Waals surface area contributed by atoms with E-state index in [1.54, 1.807) is 0 Å². The maximum Gasteiger partial charge on any atom is 0.252 e. The van der Waals surface area contributed by atoms with Crippen LogP contribution in [0.25, 0.3) is 0 Å². The predicted octanol–water partition coefficient (Wildman–Crippen LogP) is 1.79. The number of aliphatic hydroxyl groups is 1. The van der Waals surface area contributed by atoms with Crippen LogP contribution in [0, 0.1) is 17.7 Å². The van der Waals surface area contributed by atoms with Crippen LogP contribution >= 0.6 is 11.8 Å². The molecule has 0 unspecified atom stereocenters. The molecule has 1 aromatic carbocycles. The van der Waals surface area contributed by atoms with E-state index in [1.807, 2.05) is 11.8 Å². The van der Waals surface area contributed by atoms with Crippen molar-refractivity contribution in [3.8, 4) is 11.8 Å². The van der Waals surface area contributed by atoms with Crippen LogP contribution in [0.5, 0.6) is 0 Å². The number of aliphatic hydroxyl groups excluding tert-OH is 1. The smallest absolute Gasteiger partial charge is 0.252 e. The van der Waals surface area contributed by atoms with E-state index in [4.69, 9.17) is 5.11 Å². The molecule has 0 spiro atoms. The van der Waals surface area contributed by atoms with Crippen molar-refractivity contribution in [2.75, 3.05) is 18.1 Å². The number of rotatable bonds is 2. The van der Waals surface area contributed by atoms with E-state index in [-0.39, 0.29) is 18.6 Å². The first-order valence-corrected chi connectivity index (χ1v) is 7.64. The van der Waals surface area contributed by atoms with Crippen molar-refractivity contribution >= 4 is 17.7 Å². The molecule has 5 heteroatoms. The lowest BCUT2D eigenvalue weighted by Crippen LogP contribution is -2.37. The van der Waals surface area contributed by atoms with E-state index in [0.29, 0.717) is 11.1 Å². The Bertz CT molecular complexity index is 545. The fourth-order valence-corrected chi connectivity index (χ4v) is 3.16.